The van der Waals surface area contributed by atoms with E-state index < -0.39 is 0 Å². The van der Waals surface area contributed by atoms with Gasteiger partial charge in [-0.05, 0) is 90.6 Å². The van der Waals surface area contributed by atoms with Crippen molar-refractivity contribution in [3.8, 4) is 5.75 Å². The highest BCUT2D eigenvalue weighted by molar-refractivity contribution is 9.10. The Kier molecular flexibility index (Phi) is 9.45. The van der Waals surface area contributed by atoms with E-state index >= 15 is 0 Å². The van der Waals surface area contributed by atoms with Crippen molar-refractivity contribution in [2.45, 2.75) is 78.2 Å². The van der Waals surface area contributed by atoms with Crippen LogP contribution in [0.25, 0.3) is 6.08 Å². The third-order valence-electron chi connectivity index (χ3n) is 7.05. The second-order valence-electron chi connectivity index (χ2n) is 12.2. The maximum atomic E-state index is 12.5. The van der Waals surface area contributed by atoms with Crippen LogP contribution in [0.2, 0.25) is 0 Å². The minimum absolute atomic E-state index is 0.0645. The number of nitrogens with zero attached hydrogens (tertiary/aromatic N) is 1. The second kappa shape index (κ2) is 12.0. The molecule has 5 heteroatoms. The molecule has 2 aromatic rings. The van der Waals surface area contributed by atoms with Crippen molar-refractivity contribution in [1.29, 1.82) is 0 Å². The number of hydrogen-bond acceptors (Lipinski definition) is 3. The van der Waals surface area contributed by atoms with Crippen molar-refractivity contribution < 1.29 is 9.90 Å². The Bertz CT molecular complexity index is 1020. The van der Waals surface area contributed by atoms with E-state index in [9.17, 15) is 9.90 Å². The third kappa shape index (κ3) is 8.21. The third-order valence-corrected chi connectivity index (χ3v) is 7.58. The molecule has 3 rings (SSSR count). The van der Waals surface area contributed by atoms with Gasteiger partial charge in [0.05, 0.1) is 0 Å². The van der Waals surface area contributed by atoms with Crippen LogP contribution in [0.3, 0.4) is 0 Å². The standard InChI is InChI=1S/C31H43BrN2O2/c1-30(2,3)26-19-24(20-27(29(26)36)31(4,5)6)9-12-28(35)33-16-13-22-14-17-34(18-15-22)21-23-7-10-25(32)11-8-23/h7-12,19-20,22,36H,13-18,21H2,1-6H3,(H,33,35)/b12-9+. The fraction of sp³-hybridized carbons (Fsp3) is 0.516. The molecule has 36 heavy (non-hydrogen) atoms. The summed E-state index contributed by atoms with van der Waals surface area (Å²) in [5, 5.41) is 14.0. The molecule has 0 aliphatic carbocycles. The lowest BCUT2D eigenvalue weighted by molar-refractivity contribution is -0.116. The number of hydrogen-bond donors (Lipinski definition) is 2. The van der Waals surface area contributed by atoms with Crippen LogP contribution in [-0.2, 0) is 22.2 Å². The molecule has 4 nitrogen and oxygen atoms in total. The summed E-state index contributed by atoms with van der Waals surface area (Å²) in [6, 6.07) is 12.6. The molecule has 2 N–H and O–H groups in total. The molecule has 0 saturated carbocycles. The van der Waals surface area contributed by atoms with Gasteiger partial charge in [0.2, 0.25) is 5.91 Å². The Balaban J connectivity index is 1.48. The Morgan fingerprint density at radius 1 is 1.03 bits per heavy atom. The zero-order valence-electron chi connectivity index (χ0n) is 22.8. The molecule has 0 bridgehead atoms. The first kappa shape index (κ1) is 28.5. The van der Waals surface area contributed by atoms with Crippen LogP contribution in [0.5, 0.6) is 5.75 Å². The zero-order chi connectivity index (χ0) is 26.5. The fourth-order valence-corrected chi connectivity index (χ4v) is 5.07. The van der Waals surface area contributed by atoms with Crippen molar-refractivity contribution >= 4 is 27.9 Å². The van der Waals surface area contributed by atoms with Gasteiger partial charge < -0.3 is 10.4 Å². The molecule has 1 amide bonds. The number of carbonyl (C=O) groups excluding carboxylic acids is 1. The average molecular weight is 556 g/mol. The number of phenolic OH excluding ortho intramolecular Hbond substituents is 1. The molecule has 0 aromatic heterocycles. The first-order chi connectivity index (χ1) is 16.8. The molecule has 0 radical (unpaired) electrons. The summed E-state index contributed by atoms with van der Waals surface area (Å²) < 4.78 is 1.12. The molecule has 0 atom stereocenters. The number of phenols is 1. The summed E-state index contributed by atoms with van der Waals surface area (Å²) >= 11 is 3.50. The number of amides is 1. The van der Waals surface area contributed by atoms with Gasteiger partial charge in [0, 0.05) is 34.8 Å². The van der Waals surface area contributed by atoms with Crippen LogP contribution >= 0.6 is 15.9 Å². The van der Waals surface area contributed by atoms with E-state index in [2.05, 4.69) is 92.0 Å². The molecule has 196 valence electrons. The average Bonchev–Trinajstić information content (AvgIpc) is 2.79. The number of rotatable bonds is 7. The largest absolute Gasteiger partial charge is 0.507 e. The molecular formula is C31H43BrN2O2. The van der Waals surface area contributed by atoms with E-state index in [0.29, 0.717) is 18.2 Å². The lowest BCUT2D eigenvalue weighted by atomic mass is 9.78. The lowest BCUT2D eigenvalue weighted by Crippen LogP contribution is -2.34. The van der Waals surface area contributed by atoms with Gasteiger partial charge in [-0.25, -0.2) is 0 Å². The number of likely N-dealkylation sites (tertiary alicyclic amines) is 1. The summed E-state index contributed by atoms with van der Waals surface area (Å²) in [6.07, 6.45) is 6.86. The van der Waals surface area contributed by atoms with E-state index in [1.165, 1.54) is 18.4 Å². The minimum atomic E-state index is -0.190. The monoisotopic (exact) mass is 554 g/mol. The lowest BCUT2D eigenvalue weighted by Gasteiger charge is -2.32. The van der Waals surface area contributed by atoms with E-state index in [0.717, 1.165) is 47.2 Å². The van der Waals surface area contributed by atoms with E-state index in [4.69, 9.17) is 0 Å². The normalized spacial score (nSPS) is 16.0. The zero-order valence-corrected chi connectivity index (χ0v) is 24.4. The molecule has 1 fully saturated rings. The highest BCUT2D eigenvalue weighted by Gasteiger charge is 2.26. The predicted octanol–water partition coefficient (Wildman–Crippen LogP) is 7.18. The van der Waals surface area contributed by atoms with Crippen LogP contribution in [0.15, 0.2) is 46.9 Å². The van der Waals surface area contributed by atoms with Gasteiger partial charge in [-0.3, -0.25) is 9.69 Å². The van der Waals surface area contributed by atoms with Crippen LogP contribution in [0.4, 0.5) is 0 Å². The van der Waals surface area contributed by atoms with Gasteiger partial charge in [-0.1, -0.05) is 69.6 Å². The predicted molar refractivity (Wildman–Crippen MR) is 154 cm³/mol. The Labute approximate surface area is 226 Å². The summed E-state index contributed by atoms with van der Waals surface area (Å²) in [4.78, 5) is 15.0. The number of carbonyl (C=O) groups is 1. The van der Waals surface area contributed by atoms with Gasteiger partial charge in [-0.15, -0.1) is 0 Å². The first-order valence-electron chi connectivity index (χ1n) is 13.1. The molecular weight excluding hydrogens is 512 g/mol. The fourth-order valence-electron chi connectivity index (χ4n) is 4.81. The van der Waals surface area contributed by atoms with Crippen molar-refractivity contribution in [3.05, 3.63) is 69.2 Å². The second-order valence-corrected chi connectivity index (χ2v) is 13.1. The smallest absolute Gasteiger partial charge is 0.243 e. The van der Waals surface area contributed by atoms with Gasteiger partial charge >= 0.3 is 0 Å². The number of piperidine rings is 1. The quantitative estimate of drug-likeness (QED) is 0.356. The van der Waals surface area contributed by atoms with Gasteiger partial charge in [0.25, 0.3) is 0 Å². The molecule has 0 unspecified atom stereocenters. The van der Waals surface area contributed by atoms with Crippen LogP contribution < -0.4 is 5.32 Å². The maximum absolute atomic E-state index is 12.5. The molecule has 1 heterocycles. The van der Waals surface area contributed by atoms with Crippen LogP contribution in [0, 0.1) is 5.92 Å². The topological polar surface area (TPSA) is 52.6 Å². The SMILES string of the molecule is CC(C)(C)c1cc(/C=C/C(=O)NCCC2CCN(Cc3ccc(Br)cc3)CC2)cc(C(C)(C)C)c1O. The van der Waals surface area contributed by atoms with Gasteiger partial charge in [0.1, 0.15) is 5.75 Å². The highest BCUT2D eigenvalue weighted by Crippen LogP contribution is 2.40. The molecule has 1 aliphatic heterocycles. The van der Waals surface area contributed by atoms with E-state index in [-0.39, 0.29) is 16.7 Å². The molecule has 2 aromatic carbocycles. The van der Waals surface area contributed by atoms with E-state index in [1.807, 2.05) is 18.2 Å². The Morgan fingerprint density at radius 3 is 2.11 bits per heavy atom. The highest BCUT2D eigenvalue weighted by atomic mass is 79.9. The minimum Gasteiger partial charge on any atom is -0.507 e. The number of halogens is 1. The summed E-state index contributed by atoms with van der Waals surface area (Å²) in [6.45, 7) is 16.5. The Morgan fingerprint density at radius 2 is 1.58 bits per heavy atom. The van der Waals surface area contributed by atoms with Crippen molar-refractivity contribution in [2.24, 2.45) is 5.92 Å². The van der Waals surface area contributed by atoms with Crippen molar-refractivity contribution in [1.82, 2.24) is 10.2 Å². The number of aromatic hydroxyl groups is 1. The number of benzene rings is 2. The summed E-state index contributed by atoms with van der Waals surface area (Å²) in [5.74, 6) is 0.959. The first-order valence-corrected chi connectivity index (χ1v) is 13.9. The van der Waals surface area contributed by atoms with Gasteiger partial charge in [0.15, 0.2) is 0 Å². The van der Waals surface area contributed by atoms with Crippen LogP contribution in [-0.4, -0.2) is 35.5 Å². The Hall–Kier alpha value is -2.11. The molecule has 1 aliphatic rings. The van der Waals surface area contributed by atoms with E-state index in [1.54, 1.807) is 6.08 Å². The molecule has 0 spiro atoms. The van der Waals surface area contributed by atoms with Crippen molar-refractivity contribution in [3.63, 3.8) is 0 Å². The summed E-state index contributed by atoms with van der Waals surface area (Å²) in [7, 11) is 0. The summed E-state index contributed by atoms with van der Waals surface area (Å²) in [5.41, 5.74) is 3.72. The van der Waals surface area contributed by atoms with Crippen LogP contribution in [0.1, 0.15) is 83.1 Å². The van der Waals surface area contributed by atoms with Gasteiger partial charge in [-0.2, -0.15) is 0 Å². The molecule has 1 saturated heterocycles. The number of nitrogens with one attached hydrogen (secondary N) is 1. The maximum Gasteiger partial charge on any atom is 0.243 e. The van der Waals surface area contributed by atoms with Crippen molar-refractivity contribution in [2.75, 3.05) is 19.6 Å².